The number of hydrogen-bond acceptors (Lipinski definition) is 2. The maximum atomic E-state index is 11.9. The molecule has 0 aliphatic carbocycles. The maximum absolute atomic E-state index is 11.9. The Labute approximate surface area is 96.2 Å². The van der Waals surface area contributed by atoms with Crippen LogP contribution < -0.4 is 10.6 Å². The Hall–Kier alpha value is -1.35. The highest BCUT2D eigenvalue weighted by molar-refractivity contribution is 5.84. The van der Waals surface area contributed by atoms with E-state index in [4.69, 9.17) is 0 Å². The van der Waals surface area contributed by atoms with Crippen molar-refractivity contribution < 1.29 is 4.79 Å². The molecule has 0 spiro atoms. The first-order chi connectivity index (χ1) is 7.58. The van der Waals surface area contributed by atoms with Gasteiger partial charge in [-0.2, -0.15) is 0 Å². The van der Waals surface area contributed by atoms with Gasteiger partial charge in [0.1, 0.15) is 6.04 Å². The lowest BCUT2D eigenvalue weighted by molar-refractivity contribution is -0.125. The van der Waals surface area contributed by atoms with Crippen LogP contribution in [0, 0.1) is 13.8 Å². The zero-order chi connectivity index (χ0) is 11.7. The molecule has 3 nitrogen and oxygen atoms in total. The zero-order valence-corrected chi connectivity index (χ0v) is 10.0. The number of amides is 1. The van der Waals surface area contributed by atoms with E-state index in [2.05, 4.69) is 28.8 Å². The summed E-state index contributed by atoms with van der Waals surface area (Å²) in [5, 5.41) is 6.26. The zero-order valence-electron chi connectivity index (χ0n) is 10.0. The van der Waals surface area contributed by atoms with Crippen LogP contribution in [0.5, 0.6) is 0 Å². The first-order valence-corrected chi connectivity index (χ1v) is 5.69. The first-order valence-electron chi connectivity index (χ1n) is 5.69. The molecule has 2 rings (SSSR count). The molecule has 86 valence electrons. The van der Waals surface area contributed by atoms with Crippen molar-refractivity contribution in [2.45, 2.75) is 32.9 Å². The summed E-state index contributed by atoms with van der Waals surface area (Å²) in [5.41, 5.74) is 3.44. The van der Waals surface area contributed by atoms with Crippen LogP contribution in [0.15, 0.2) is 18.2 Å². The summed E-state index contributed by atoms with van der Waals surface area (Å²) in [6.07, 6.45) is 0. The lowest BCUT2D eigenvalue weighted by Gasteiger charge is -2.29. The number of rotatable bonds is 1. The summed E-state index contributed by atoms with van der Waals surface area (Å²) < 4.78 is 0. The Morgan fingerprint density at radius 3 is 2.75 bits per heavy atom. The fourth-order valence-electron chi connectivity index (χ4n) is 2.09. The van der Waals surface area contributed by atoms with Gasteiger partial charge < -0.3 is 10.6 Å². The first kappa shape index (κ1) is 11.1. The van der Waals surface area contributed by atoms with Gasteiger partial charge in [-0.1, -0.05) is 23.8 Å². The van der Waals surface area contributed by atoms with Crippen molar-refractivity contribution in [2.24, 2.45) is 0 Å². The summed E-state index contributed by atoms with van der Waals surface area (Å²) in [5.74, 6) is 0.0763. The van der Waals surface area contributed by atoms with E-state index in [1.807, 2.05) is 20.8 Å². The maximum Gasteiger partial charge on any atom is 0.242 e. The average molecular weight is 218 g/mol. The van der Waals surface area contributed by atoms with E-state index in [0.29, 0.717) is 0 Å². The van der Waals surface area contributed by atoms with E-state index >= 15 is 0 Å². The molecule has 1 aromatic carbocycles. The second kappa shape index (κ2) is 4.26. The SMILES string of the molecule is Cc1ccc(C)c(C2NCC(C)NC2=O)c1. The fraction of sp³-hybridized carbons (Fsp3) is 0.462. The van der Waals surface area contributed by atoms with Crippen LogP contribution in [-0.2, 0) is 4.79 Å². The Morgan fingerprint density at radius 1 is 1.31 bits per heavy atom. The van der Waals surface area contributed by atoms with Crippen molar-refractivity contribution in [1.29, 1.82) is 0 Å². The van der Waals surface area contributed by atoms with E-state index in [0.717, 1.165) is 17.7 Å². The number of piperazine rings is 1. The minimum atomic E-state index is -0.198. The van der Waals surface area contributed by atoms with E-state index in [1.165, 1.54) is 5.56 Å². The van der Waals surface area contributed by atoms with Gasteiger partial charge in [0.05, 0.1) is 0 Å². The standard InChI is InChI=1S/C13H18N2O/c1-8-4-5-9(2)11(6-8)12-13(16)15-10(3)7-14-12/h4-6,10,12,14H,7H2,1-3H3,(H,15,16). The Kier molecular flexibility index (Phi) is 2.97. The molecule has 0 saturated carbocycles. The second-order valence-electron chi connectivity index (χ2n) is 4.61. The lowest BCUT2D eigenvalue weighted by atomic mass is 9.96. The normalized spacial score (nSPS) is 25.3. The van der Waals surface area contributed by atoms with Gasteiger partial charge in [-0.15, -0.1) is 0 Å². The molecular formula is C13H18N2O. The molecule has 2 atom stereocenters. The molecule has 1 aliphatic heterocycles. The highest BCUT2D eigenvalue weighted by atomic mass is 16.2. The summed E-state index contributed by atoms with van der Waals surface area (Å²) in [6.45, 7) is 6.92. The molecule has 1 fully saturated rings. The highest BCUT2D eigenvalue weighted by Crippen LogP contribution is 2.21. The van der Waals surface area contributed by atoms with Gasteiger partial charge >= 0.3 is 0 Å². The van der Waals surface area contributed by atoms with Crippen LogP contribution in [-0.4, -0.2) is 18.5 Å². The molecule has 1 aliphatic rings. The molecule has 0 radical (unpaired) electrons. The van der Waals surface area contributed by atoms with Crippen molar-refractivity contribution in [3.63, 3.8) is 0 Å². The van der Waals surface area contributed by atoms with Crippen LogP contribution in [0.25, 0.3) is 0 Å². The molecule has 1 saturated heterocycles. The van der Waals surface area contributed by atoms with Crippen LogP contribution in [0.4, 0.5) is 0 Å². The van der Waals surface area contributed by atoms with Gasteiger partial charge in [0.25, 0.3) is 0 Å². The topological polar surface area (TPSA) is 41.1 Å². The molecular weight excluding hydrogens is 200 g/mol. The van der Waals surface area contributed by atoms with Crippen molar-refractivity contribution in [2.75, 3.05) is 6.54 Å². The minimum Gasteiger partial charge on any atom is -0.351 e. The summed E-state index contributed by atoms with van der Waals surface area (Å²) >= 11 is 0. The molecule has 16 heavy (non-hydrogen) atoms. The average Bonchev–Trinajstić information content (AvgIpc) is 2.22. The predicted octanol–water partition coefficient (Wildman–Crippen LogP) is 1.45. The molecule has 2 N–H and O–H groups in total. The number of carbonyl (C=O) groups is 1. The summed E-state index contributed by atoms with van der Waals surface area (Å²) in [7, 11) is 0. The molecule has 2 unspecified atom stereocenters. The van der Waals surface area contributed by atoms with Crippen molar-refractivity contribution >= 4 is 5.91 Å². The third-order valence-corrected chi connectivity index (χ3v) is 3.02. The molecule has 1 heterocycles. The second-order valence-corrected chi connectivity index (χ2v) is 4.61. The Balaban J connectivity index is 2.30. The lowest BCUT2D eigenvalue weighted by Crippen LogP contribution is -2.52. The third kappa shape index (κ3) is 2.09. The molecule has 1 aromatic rings. The van der Waals surface area contributed by atoms with Crippen molar-refractivity contribution in [3.8, 4) is 0 Å². The van der Waals surface area contributed by atoms with E-state index in [-0.39, 0.29) is 18.0 Å². The monoisotopic (exact) mass is 218 g/mol. The number of benzene rings is 1. The number of aryl methyl sites for hydroxylation is 2. The number of hydrogen-bond donors (Lipinski definition) is 2. The molecule has 0 aromatic heterocycles. The van der Waals surface area contributed by atoms with Crippen LogP contribution in [0.2, 0.25) is 0 Å². The Bertz CT molecular complexity index is 414. The fourth-order valence-corrected chi connectivity index (χ4v) is 2.09. The quantitative estimate of drug-likeness (QED) is 0.749. The van der Waals surface area contributed by atoms with Gasteiger partial charge in [-0.05, 0) is 31.9 Å². The van der Waals surface area contributed by atoms with Crippen molar-refractivity contribution in [3.05, 3.63) is 34.9 Å². The smallest absolute Gasteiger partial charge is 0.242 e. The van der Waals surface area contributed by atoms with Crippen LogP contribution in [0.3, 0.4) is 0 Å². The van der Waals surface area contributed by atoms with E-state index in [1.54, 1.807) is 0 Å². The van der Waals surface area contributed by atoms with E-state index < -0.39 is 0 Å². The summed E-state index contributed by atoms with van der Waals surface area (Å²) in [4.78, 5) is 11.9. The minimum absolute atomic E-state index is 0.0763. The summed E-state index contributed by atoms with van der Waals surface area (Å²) in [6, 6.07) is 6.24. The van der Waals surface area contributed by atoms with Gasteiger partial charge in [0, 0.05) is 12.6 Å². The molecule has 3 heteroatoms. The van der Waals surface area contributed by atoms with Crippen molar-refractivity contribution in [1.82, 2.24) is 10.6 Å². The van der Waals surface area contributed by atoms with Gasteiger partial charge in [0.2, 0.25) is 5.91 Å². The molecule has 0 bridgehead atoms. The number of carbonyl (C=O) groups excluding carboxylic acids is 1. The van der Waals surface area contributed by atoms with Crippen LogP contribution in [0.1, 0.15) is 29.7 Å². The van der Waals surface area contributed by atoms with Crippen LogP contribution >= 0.6 is 0 Å². The molecule has 1 amide bonds. The Morgan fingerprint density at radius 2 is 2.06 bits per heavy atom. The number of nitrogens with one attached hydrogen (secondary N) is 2. The third-order valence-electron chi connectivity index (χ3n) is 3.02. The highest BCUT2D eigenvalue weighted by Gasteiger charge is 2.27. The predicted molar refractivity (Wildman–Crippen MR) is 64.3 cm³/mol. The van der Waals surface area contributed by atoms with Gasteiger partial charge in [-0.3, -0.25) is 4.79 Å². The van der Waals surface area contributed by atoms with Gasteiger partial charge in [0.15, 0.2) is 0 Å². The van der Waals surface area contributed by atoms with Gasteiger partial charge in [-0.25, -0.2) is 0 Å². The van der Waals surface area contributed by atoms with E-state index in [9.17, 15) is 4.79 Å². The largest absolute Gasteiger partial charge is 0.351 e.